The molecule has 0 aliphatic carbocycles. The average molecular weight is 440 g/mol. The number of nitrogens with zero attached hydrogens (tertiary/aromatic N) is 4. The van der Waals surface area contributed by atoms with Crippen molar-refractivity contribution in [2.75, 3.05) is 10.2 Å². The average Bonchev–Trinajstić information content (AvgIpc) is 2.84. The van der Waals surface area contributed by atoms with Gasteiger partial charge in [-0.25, -0.2) is 9.97 Å². The summed E-state index contributed by atoms with van der Waals surface area (Å²) in [6.07, 6.45) is 1.38. The molecular formula is C26H25N5O2. The van der Waals surface area contributed by atoms with Crippen molar-refractivity contribution in [2.45, 2.75) is 26.6 Å². The van der Waals surface area contributed by atoms with Crippen LogP contribution in [0.25, 0.3) is 0 Å². The molecule has 0 bridgehead atoms. The first-order valence-corrected chi connectivity index (χ1v) is 10.7. The van der Waals surface area contributed by atoms with Crippen molar-refractivity contribution < 1.29 is 4.92 Å². The lowest BCUT2D eigenvalue weighted by atomic mass is 10.1. The molecule has 0 fully saturated rings. The number of hydrogen-bond donors (Lipinski definition) is 1. The second-order valence-corrected chi connectivity index (χ2v) is 7.82. The van der Waals surface area contributed by atoms with Gasteiger partial charge in [0.25, 0.3) is 0 Å². The van der Waals surface area contributed by atoms with Gasteiger partial charge in [0.05, 0.1) is 4.92 Å². The Kier molecular flexibility index (Phi) is 6.90. The lowest BCUT2D eigenvalue weighted by Gasteiger charge is -2.24. The SMILES string of the molecule is Cc1ccc(CNc2ncnc(N(Cc3ccccc3)Cc3ccccc3)c2[N+](=O)[O-])cc1. The summed E-state index contributed by atoms with van der Waals surface area (Å²) in [7, 11) is 0. The number of rotatable bonds is 9. The third kappa shape index (κ3) is 5.71. The first kappa shape index (κ1) is 22.0. The van der Waals surface area contributed by atoms with Crippen LogP contribution in [-0.4, -0.2) is 14.9 Å². The molecular weight excluding hydrogens is 414 g/mol. The van der Waals surface area contributed by atoms with Crippen LogP contribution in [0.5, 0.6) is 0 Å². The number of benzene rings is 3. The van der Waals surface area contributed by atoms with Gasteiger partial charge in [0.2, 0.25) is 11.6 Å². The highest BCUT2D eigenvalue weighted by Gasteiger charge is 2.27. The van der Waals surface area contributed by atoms with Gasteiger partial charge in [0, 0.05) is 19.6 Å². The summed E-state index contributed by atoms with van der Waals surface area (Å²) in [5.74, 6) is 0.491. The smallest absolute Gasteiger partial charge is 0.353 e. The molecule has 1 heterocycles. The van der Waals surface area contributed by atoms with Crippen molar-refractivity contribution in [3.63, 3.8) is 0 Å². The molecule has 0 unspecified atom stereocenters. The quantitative estimate of drug-likeness (QED) is 0.273. The molecule has 0 aliphatic rings. The molecule has 33 heavy (non-hydrogen) atoms. The zero-order valence-electron chi connectivity index (χ0n) is 18.4. The maximum atomic E-state index is 12.2. The number of nitrogens with one attached hydrogen (secondary N) is 1. The highest BCUT2D eigenvalue weighted by atomic mass is 16.6. The van der Waals surface area contributed by atoms with Gasteiger partial charge in [0.1, 0.15) is 6.33 Å². The van der Waals surface area contributed by atoms with E-state index in [0.717, 1.165) is 22.3 Å². The van der Waals surface area contributed by atoms with Crippen LogP contribution in [0.15, 0.2) is 91.3 Å². The van der Waals surface area contributed by atoms with Gasteiger partial charge in [-0.05, 0) is 23.6 Å². The summed E-state index contributed by atoms with van der Waals surface area (Å²) >= 11 is 0. The molecule has 4 aromatic rings. The van der Waals surface area contributed by atoms with Gasteiger partial charge in [-0.2, -0.15) is 0 Å². The molecule has 166 valence electrons. The van der Waals surface area contributed by atoms with Gasteiger partial charge in [-0.15, -0.1) is 0 Å². The summed E-state index contributed by atoms with van der Waals surface area (Å²) in [5.41, 5.74) is 4.12. The van der Waals surface area contributed by atoms with Crippen molar-refractivity contribution in [3.8, 4) is 0 Å². The van der Waals surface area contributed by atoms with Crippen molar-refractivity contribution in [1.29, 1.82) is 0 Å². The third-order valence-corrected chi connectivity index (χ3v) is 5.30. The van der Waals surface area contributed by atoms with E-state index >= 15 is 0 Å². The fourth-order valence-corrected chi connectivity index (χ4v) is 3.60. The Balaban J connectivity index is 1.68. The summed E-state index contributed by atoms with van der Waals surface area (Å²) < 4.78 is 0. The predicted molar refractivity (Wildman–Crippen MR) is 130 cm³/mol. The van der Waals surface area contributed by atoms with Crippen molar-refractivity contribution in [3.05, 3.63) is 124 Å². The fraction of sp³-hybridized carbons (Fsp3) is 0.154. The summed E-state index contributed by atoms with van der Waals surface area (Å²) in [5, 5.41) is 15.3. The normalized spacial score (nSPS) is 10.6. The monoisotopic (exact) mass is 439 g/mol. The van der Waals surface area contributed by atoms with Crippen LogP contribution in [0.1, 0.15) is 22.3 Å². The van der Waals surface area contributed by atoms with Gasteiger partial charge in [-0.3, -0.25) is 10.1 Å². The number of hydrogen-bond acceptors (Lipinski definition) is 6. The molecule has 0 saturated carbocycles. The molecule has 0 atom stereocenters. The van der Waals surface area contributed by atoms with Crippen LogP contribution in [0.2, 0.25) is 0 Å². The van der Waals surface area contributed by atoms with Crippen LogP contribution >= 0.6 is 0 Å². The standard InChI is InChI=1S/C26H25N5O2/c1-20-12-14-21(15-13-20)16-27-25-24(31(32)33)26(29-19-28-25)30(17-22-8-4-2-5-9-22)18-23-10-6-3-7-11-23/h2-15,19H,16-18H2,1H3,(H,27,28,29). The van der Waals surface area contributed by atoms with E-state index in [0.29, 0.717) is 19.6 Å². The summed E-state index contributed by atoms with van der Waals surface area (Å²) in [6, 6.07) is 27.7. The van der Waals surface area contributed by atoms with Crippen molar-refractivity contribution in [2.24, 2.45) is 0 Å². The highest BCUT2D eigenvalue weighted by Crippen LogP contribution is 2.33. The van der Waals surface area contributed by atoms with Crippen LogP contribution in [0.3, 0.4) is 0 Å². The molecule has 4 rings (SSSR count). The second kappa shape index (κ2) is 10.4. The van der Waals surface area contributed by atoms with E-state index in [1.165, 1.54) is 6.33 Å². The predicted octanol–water partition coefficient (Wildman–Crippen LogP) is 5.51. The van der Waals surface area contributed by atoms with Crippen LogP contribution in [0.4, 0.5) is 17.3 Å². The molecule has 0 spiro atoms. The first-order chi connectivity index (χ1) is 16.1. The van der Waals surface area contributed by atoms with Gasteiger partial charge in [-0.1, -0.05) is 90.5 Å². The Hall–Kier alpha value is -4.26. The number of anilines is 2. The number of aromatic nitrogens is 2. The number of aryl methyl sites for hydroxylation is 1. The third-order valence-electron chi connectivity index (χ3n) is 5.30. The summed E-state index contributed by atoms with van der Waals surface area (Å²) in [4.78, 5) is 22.2. The molecule has 3 aromatic carbocycles. The van der Waals surface area contributed by atoms with E-state index in [-0.39, 0.29) is 17.3 Å². The Labute approximate surface area is 192 Å². The molecule has 1 aromatic heterocycles. The second-order valence-electron chi connectivity index (χ2n) is 7.82. The maximum Gasteiger partial charge on any atom is 0.353 e. The van der Waals surface area contributed by atoms with Crippen LogP contribution in [-0.2, 0) is 19.6 Å². The Morgan fingerprint density at radius 1 is 0.818 bits per heavy atom. The van der Waals surface area contributed by atoms with Crippen LogP contribution in [0, 0.1) is 17.0 Å². The first-order valence-electron chi connectivity index (χ1n) is 10.7. The number of nitro groups is 1. The minimum absolute atomic E-state index is 0.128. The van der Waals surface area contributed by atoms with Crippen molar-refractivity contribution >= 4 is 17.3 Å². The van der Waals surface area contributed by atoms with Gasteiger partial charge in [0.15, 0.2) is 0 Å². The van der Waals surface area contributed by atoms with Crippen molar-refractivity contribution in [1.82, 2.24) is 9.97 Å². The maximum absolute atomic E-state index is 12.2. The zero-order valence-corrected chi connectivity index (χ0v) is 18.4. The van der Waals surface area contributed by atoms with E-state index in [1.807, 2.05) is 96.8 Å². The topological polar surface area (TPSA) is 84.2 Å². The van der Waals surface area contributed by atoms with Gasteiger partial charge >= 0.3 is 5.69 Å². The molecule has 7 heteroatoms. The van der Waals surface area contributed by atoms with E-state index in [1.54, 1.807) is 0 Å². The Morgan fingerprint density at radius 3 is 1.94 bits per heavy atom. The lowest BCUT2D eigenvalue weighted by molar-refractivity contribution is -0.383. The van der Waals surface area contributed by atoms with E-state index in [9.17, 15) is 10.1 Å². The minimum atomic E-state index is -0.407. The highest BCUT2D eigenvalue weighted by molar-refractivity contribution is 5.70. The molecule has 7 nitrogen and oxygen atoms in total. The van der Waals surface area contributed by atoms with Gasteiger partial charge < -0.3 is 10.2 Å². The fourth-order valence-electron chi connectivity index (χ4n) is 3.60. The molecule has 0 aliphatic heterocycles. The molecule has 0 radical (unpaired) electrons. The molecule has 1 N–H and O–H groups in total. The Bertz CT molecular complexity index is 1160. The largest absolute Gasteiger partial charge is 0.360 e. The lowest BCUT2D eigenvalue weighted by Crippen LogP contribution is -2.25. The molecule has 0 saturated heterocycles. The Morgan fingerprint density at radius 2 is 1.39 bits per heavy atom. The molecule has 0 amide bonds. The summed E-state index contributed by atoms with van der Waals surface area (Å²) in [6.45, 7) is 3.40. The van der Waals surface area contributed by atoms with Crippen LogP contribution < -0.4 is 10.2 Å². The van der Waals surface area contributed by atoms with E-state index < -0.39 is 4.92 Å². The zero-order chi connectivity index (χ0) is 23.0. The minimum Gasteiger partial charge on any atom is -0.360 e. The van der Waals surface area contributed by atoms with E-state index in [2.05, 4.69) is 15.3 Å². The van der Waals surface area contributed by atoms with E-state index in [4.69, 9.17) is 0 Å².